The molecule has 25 heavy (non-hydrogen) atoms. The molecule has 3 aromatic rings. The van der Waals surface area contributed by atoms with Crippen molar-refractivity contribution >= 4 is 39.1 Å². The van der Waals surface area contributed by atoms with Crippen molar-refractivity contribution in [1.29, 1.82) is 0 Å². The zero-order chi connectivity index (χ0) is 18.0. The second-order valence-electron chi connectivity index (χ2n) is 5.20. The Morgan fingerprint density at radius 2 is 2.12 bits per heavy atom. The van der Waals surface area contributed by atoms with E-state index in [1.807, 2.05) is 13.0 Å². The molecule has 1 amide bonds. The molecular formula is C17H14N2O5S. The van der Waals surface area contributed by atoms with E-state index in [0.717, 1.165) is 16.9 Å². The summed E-state index contributed by atoms with van der Waals surface area (Å²) < 4.78 is 9.93. The van der Waals surface area contributed by atoms with E-state index in [4.69, 9.17) is 9.15 Å². The smallest absolute Gasteiger partial charge is 0.357 e. The average Bonchev–Trinajstić information content (AvgIpc) is 3.04. The van der Waals surface area contributed by atoms with Gasteiger partial charge in [-0.05, 0) is 31.4 Å². The number of thiazole rings is 1. The van der Waals surface area contributed by atoms with Crippen LogP contribution in [0, 0.1) is 6.92 Å². The number of nitrogens with one attached hydrogen (secondary N) is 1. The maximum Gasteiger partial charge on any atom is 0.357 e. The molecule has 0 atom stereocenters. The standard InChI is InChI=1S/C17H14N2O5S/c1-3-23-16(22)12-8-25-17(18-12)19-14(20)13-7-10-5-4-9(2)6-11(10)15(21)24-13/h4-8H,3H2,1-2H3,(H,18,19,20). The Morgan fingerprint density at radius 1 is 1.32 bits per heavy atom. The second kappa shape index (κ2) is 6.86. The summed E-state index contributed by atoms with van der Waals surface area (Å²) in [6.45, 7) is 3.79. The highest BCUT2D eigenvalue weighted by atomic mass is 32.1. The van der Waals surface area contributed by atoms with E-state index < -0.39 is 17.5 Å². The molecule has 0 aliphatic rings. The molecule has 2 heterocycles. The predicted molar refractivity (Wildman–Crippen MR) is 93.2 cm³/mol. The fourth-order valence-electron chi connectivity index (χ4n) is 2.20. The highest BCUT2D eigenvalue weighted by molar-refractivity contribution is 7.14. The number of carbonyl (C=O) groups excluding carboxylic acids is 2. The average molecular weight is 358 g/mol. The number of amides is 1. The number of hydrogen-bond acceptors (Lipinski definition) is 7. The first-order valence-corrected chi connectivity index (χ1v) is 8.34. The fraction of sp³-hybridized carbons (Fsp3) is 0.176. The van der Waals surface area contributed by atoms with Crippen molar-refractivity contribution in [2.45, 2.75) is 13.8 Å². The predicted octanol–water partition coefficient (Wildman–Crippen LogP) is 2.99. The van der Waals surface area contributed by atoms with Gasteiger partial charge in [-0.1, -0.05) is 17.7 Å². The Labute approximate surface area is 146 Å². The Kier molecular flexibility index (Phi) is 4.62. The van der Waals surface area contributed by atoms with Crippen molar-refractivity contribution in [3.63, 3.8) is 0 Å². The number of fused-ring (bicyclic) bond motifs is 1. The first kappa shape index (κ1) is 16.8. The molecule has 8 heteroatoms. The number of benzene rings is 1. The topological polar surface area (TPSA) is 98.5 Å². The molecule has 128 valence electrons. The van der Waals surface area contributed by atoms with E-state index in [-0.39, 0.29) is 23.2 Å². The summed E-state index contributed by atoms with van der Waals surface area (Å²) in [6, 6.07) is 6.79. The number of carbonyl (C=O) groups is 2. The van der Waals surface area contributed by atoms with Crippen molar-refractivity contribution in [3.05, 3.63) is 57.1 Å². The van der Waals surface area contributed by atoms with Crippen molar-refractivity contribution in [2.75, 3.05) is 11.9 Å². The van der Waals surface area contributed by atoms with Crippen LogP contribution in [0.1, 0.15) is 33.5 Å². The zero-order valence-electron chi connectivity index (χ0n) is 13.5. The highest BCUT2D eigenvalue weighted by Gasteiger charge is 2.16. The van der Waals surface area contributed by atoms with Gasteiger partial charge in [0.25, 0.3) is 5.91 Å². The molecule has 0 radical (unpaired) electrons. The number of aryl methyl sites for hydroxylation is 1. The van der Waals surface area contributed by atoms with E-state index >= 15 is 0 Å². The van der Waals surface area contributed by atoms with Crippen LogP contribution in [0.3, 0.4) is 0 Å². The number of esters is 1. The maximum atomic E-state index is 12.3. The van der Waals surface area contributed by atoms with Crippen molar-refractivity contribution in [1.82, 2.24) is 4.98 Å². The van der Waals surface area contributed by atoms with Crippen LogP contribution in [0.4, 0.5) is 5.13 Å². The van der Waals surface area contributed by atoms with E-state index in [2.05, 4.69) is 10.3 Å². The molecule has 0 fully saturated rings. The molecule has 0 spiro atoms. The minimum atomic E-state index is -0.621. The lowest BCUT2D eigenvalue weighted by molar-refractivity contribution is 0.0520. The van der Waals surface area contributed by atoms with Gasteiger partial charge >= 0.3 is 11.6 Å². The number of aromatic nitrogens is 1. The lowest BCUT2D eigenvalue weighted by atomic mass is 10.1. The van der Waals surface area contributed by atoms with Crippen molar-refractivity contribution in [3.8, 4) is 0 Å². The quantitative estimate of drug-likeness (QED) is 0.720. The van der Waals surface area contributed by atoms with Gasteiger partial charge in [-0.2, -0.15) is 0 Å². The van der Waals surface area contributed by atoms with Gasteiger partial charge in [0, 0.05) is 5.38 Å². The number of rotatable bonds is 4. The van der Waals surface area contributed by atoms with Crippen LogP contribution in [-0.2, 0) is 4.74 Å². The number of ether oxygens (including phenoxy) is 1. The van der Waals surface area contributed by atoms with Crippen LogP contribution >= 0.6 is 11.3 Å². The van der Waals surface area contributed by atoms with Crippen LogP contribution in [0.25, 0.3) is 10.8 Å². The van der Waals surface area contributed by atoms with Gasteiger partial charge in [0.1, 0.15) is 0 Å². The molecule has 0 saturated carbocycles. The van der Waals surface area contributed by atoms with E-state index in [0.29, 0.717) is 10.8 Å². The Hall–Kier alpha value is -3.00. The molecule has 3 rings (SSSR count). The fourth-order valence-corrected chi connectivity index (χ4v) is 2.87. The minimum Gasteiger partial charge on any atom is -0.461 e. The number of hydrogen-bond donors (Lipinski definition) is 1. The zero-order valence-corrected chi connectivity index (χ0v) is 14.3. The van der Waals surface area contributed by atoms with E-state index in [1.54, 1.807) is 19.1 Å². The Bertz CT molecular complexity index is 1020. The monoisotopic (exact) mass is 358 g/mol. The molecule has 0 saturated heterocycles. The van der Waals surface area contributed by atoms with Gasteiger partial charge in [-0.15, -0.1) is 11.3 Å². The summed E-state index contributed by atoms with van der Waals surface area (Å²) in [5.74, 6) is -1.31. The highest BCUT2D eigenvalue weighted by Crippen LogP contribution is 2.19. The molecule has 7 nitrogen and oxygen atoms in total. The van der Waals surface area contributed by atoms with Gasteiger partial charge in [-0.25, -0.2) is 14.6 Å². The van der Waals surface area contributed by atoms with Crippen LogP contribution in [0.2, 0.25) is 0 Å². The summed E-state index contributed by atoms with van der Waals surface area (Å²) in [4.78, 5) is 39.9. The van der Waals surface area contributed by atoms with Gasteiger partial charge in [0.2, 0.25) is 0 Å². The molecule has 1 aromatic carbocycles. The van der Waals surface area contributed by atoms with Crippen LogP contribution < -0.4 is 10.9 Å². The first-order valence-electron chi connectivity index (χ1n) is 7.46. The minimum absolute atomic E-state index is 0.109. The first-order chi connectivity index (χ1) is 12.0. The van der Waals surface area contributed by atoms with Gasteiger partial charge in [0.15, 0.2) is 16.6 Å². The lowest BCUT2D eigenvalue weighted by Gasteiger charge is -2.03. The van der Waals surface area contributed by atoms with Gasteiger partial charge in [0.05, 0.1) is 12.0 Å². The third kappa shape index (κ3) is 3.58. The normalized spacial score (nSPS) is 10.6. The van der Waals surface area contributed by atoms with Crippen molar-refractivity contribution < 1.29 is 18.7 Å². The molecular weight excluding hydrogens is 344 g/mol. The van der Waals surface area contributed by atoms with Crippen LogP contribution in [0.15, 0.2) is 38.9 Å². The second-order valence-corrected chi connectivity index (χ2v) is 6.06. The molecule has 2 aromatic heterocycles. The molecule has 0 bridgehead atoms. The summed E-state index contributed by atoms with van der Waals surface area (Å²) in [7, 11) is 0. The maximum absolute atomic E-state index is 12.3. The number of anilines is 1. The van der Waals surface area contributed by atoms with E-state index in [9.17, 15) is 14.4 Å². The lowest BCUT2D eigenvalue weighted by Crippen LogP contribution is -2.15. The van der Waals surface area contributed by atoms with Crippen molar-refractivity contribution in [2.24, 2.45) is 0 Å². The molecule has 1 N–H and O–H groups in total. The Balaban J connectivity index is 1.84. The molecule has 0 aliphatic carbocycles. The Morgan fingerprint density at radius 3 is 2.88 bits per heavy atom. The molecule has 0 unspecified atom stereocenters. The summed E-state index contributed by atoms with van der Waals surface area (Å²) in [5.41, 5.74) is 0.446. The number of nitrogens with zero attached hydrogens (tertiary/aromatic N) is 1. The van der Waals surface area contributed by atoms with Gasteiger partial charge in [-0.3, -0.25) is 10.1 Å². The molecule has 0 aliphatic heterocycles. The summed E-state index contributed by atoms with van der Waals surface area (Å²) in [5, 5.41) is 5.22. The summed E-state index contributed by atoms with van der Waals surface area (Å²) in [6.07, 6.45) is 0. The van der Waals surface area contributed by atoms with Crippen LogP contribution in [0.5, 0.6) is 0 Å². The largest absolute Gasteiger partial charge is 0.461 e. The third-order valence-electron chi connectivity index (χ3n) is 3.35. The van der Waals surface area contributed by atoms with Gasteiger partial charge < -0.3 is 9.15 Å². The van der Waals surface area contributed by atoms with E-state index in [1.165, 1.54) is 11.4 Å². The third-order valence-corrected chi connectivity index (χ3v) is 4.11. The summed E-state index contributed by atoms with van der Waals surface area (Å²) >= 11 is 1.07. The SMILES string of the molecule is CCOC(=O)c1csc(NC(=O)c2cc3ccc(C)cc3c(=O)o2)n1. The van der Waals surface area contributed by atoms with Crippen LogP contribution in [-0.4, -0.2) is 23.5 Å².